The second kappa shape index (κ2) is 10.2. The highest BCUT2D eigenvalue weighted by molar-refractivity contribution is 7.98. The number of pyridine rings is 2. The van der Waals surface area contributed by atoms with E-state index >= 15 is 0 Å². The zero-order valence-corrected chi connectivity index (χ0v) is 20.9. The van der Waals surface area contributed by atoms with Crippen LogP contribution in [0.4, 0.5) is 18.9 Å². The second-order valence-corrected chi connectivity index (χ2v) is 10.2. The molecule has 1 aliphatic rings. The summed E-state index contributed by atoms with van der Waals surface area (Å²) in [5.41, 5.74) is 5.01. The molecule has 1 aliphatic carbocycles. The molecule has 0 aliphatic heterocycles. The highest BCUT2D eigenvalue weighted by atomic mass is 32.2. The van der Waals surface area contributed by atoms with E-state index < -0.39 is 46.3 Å². The normalized spacial score (nSPS) is 23.9. The Balaban J connectivity index is 1.63. The number of rotatable bonds is 5. The van der Waals surface area contributed by atoms with Gasteiger partial charge in [-0.1, -0.05) is 6.92 Å². The molecule has 0 radical (unpaired) electrons. The van der Waals surface area contributed by atoms with Crippen molar-refractivity contribution >= 4 is 23.4 Å². The molecule has 3 aromatic rings. The van der Waals surface area contributed by atoms with Crippen LogP contribution in [-0.4, -0.2) is 38.9 Å². The first-order valence-electron chi connectivity index (χ1n) is 11.5. The Kier molecular flexibility index (Phi) is 7.40. The van der Waals surface area contributed by atoms with Crippen LogP contribution in [0.1, 0.15) is 48.7 Å². The van der Waals surface area contributed by atoms with Gasteiger partial charge in [-0.2, -0.15) is 0 Å². The lowest BCUT2D eigenvalue weighted by molar-refractivity contribution is -0.0463. The lowest BCUT2D eigenvalue weighted by Crippen LogP contribution is -2.54. The number of carbonyl (C=O) groups is 1. The number of aromatic nitrogens is 2. The summed E-state index contributed by atoms with van der Waals surface area (Å²) in [6.45, 7) is 3.66. The summed E-state index contributed by atoms with van der Waals surface area (Å²) >= 11 is 1.14. The van der Waals surface area contributed by atoms with Crippen LogP contribution in [0, 0.1) is 23.4 Å². The van der Waals surface area contributed by atoms with E-state index in [-0.39, 0.29) is 17.5 Å². The van der Waals surface area contributed by atoms with Crippen LogP contribution in [0.2, 0.25) is 0 Å². The van der Waals surface area contributed by atoms with Crippen LogP contribution < -0.4 is 11.1 Å². The van der Waals surface area contributed by atoms with E-state index in [4.69, 9.17) is 5.73 Å². The van der Waals surface area contributed by atoms with E-state index in [0.29, 0.717) is 23.4 Å². The van der Waals surface area contributed by atoms with Crippen molar-refractivity contribution in [3.8, 4) is 11.3 Å². The molecule has 190 valence electrons. The first-order chi connectivity index (χ1) is 17.0. The zero-order chi connectivity index (χ0) is 26.2. The fraction of sp³-hybridized carbons (Fsp3) is 0.346. The molecular weight excluding hydrogens is 489 g/mol. The van der Waals surface area contributed by atoms with Crippen molar-refractivity contribution < 1.29 is 23.1 Å². The quantitative estimate of drug-likeness (QED) is 0.407. The fourth-order valence-corrected chi connectivity index (χ4v) is 5.06. The van der Waals surface area contributed by atoms with Crippen LogP contribution in [-0.2, 0) is 0 Å². The smallest absolute Gasteiger partial charge is 0.274 e. The molecule has 1 saturated carbocycles. The fourth-order valence-electron chi connectivity index (χ4n) is 4.62. The summed E-state index contributed by atoms with van der Waals surface area (Å²) in [5, 5.41) is 13.4. The minimum Gasteiger partial charge on any atom is -0.388 e. The number of benzene rings is 1. The molecule has 4 rings (SSSR count). The third kappa shape index (κ3) is 4.98. The van der Waals surface area contributed by atoms with E-state index in [9.17, 15) is 23.1 Å². The average molecular weight is 517 g/mol. The van der Waals surface area contributed by atoms with Gasteiger partial charge in [0.05, 0.1) is 23.0 Å². The summed E-state index contributed by atoms with van der Waals surface area (Å²) in [5.74, 6) is -3.71. The zero-order valence-electron chi connectivity index (χ0n) is 20.1. The van der Waals surface area contributed by atoms with E-state index in [2.05, 4.69) is 15.3 Å². The highest BCUT2D eigenvalue weighted by Crippen LogP contribution is 2.43. The maximum atomic E-state index is 14.6. The van der Waals surface area contributed by atoms with E-state index in [1.165, 1.54) is 6.20 Å². The van der Waals surface area contributed by atoms with Gasteiger partial charge in [0.25, 0.3) is 5.91 Å². The number of carbonyl (C=O) groups excluding carboxylic acids is 1. The molecule has 10 heteroatoms. The molecule has 0 unspecified atom stereocenters. The van der Waals surface area contributed by atoms with Crippen LogP contribution in [0.5, 0.6) is 0 Å². The van der Waals surface area contributed by atoms with Gasteiger partial charge in [-0.25, -0.2) is 18.2 Å². The maximum Gasteiger partial charge on any atom is 0.274 e. The Labute approximate surface area is 211 Å². The minimum atomic E-state index is -1.00. The highest BCUT2D eigenvalue weighted by Gasteiger charge is 2.42. The Morgan fingerprint density at radius 2 is 1.86 bits per heavy atom. The standard InChI is InChI=1S/C26H27F3N4O2S/c1-13-8-14(9-22(30)26(13,2)35)16-6-7-31-12-21(16)33-25(34)20-5-4-17(27)24(32-20)23-18(28)10-15(36-3)11-19(23)29/h4-7,10-14,22,35H,8-9,30H2,1-3H3,(H,33,34)/t13-,14+,22+,26+/m0/s1. The van der Waals surface area contributed by atoms with Crippen molar-refractivity contribution in [3.63, 3.8) is 0 Å². The van der Waals surface area contributed by atoms with Crippen LogP contribution in [0.15, 0.2) is 47.6 Å². The summed E-state index contributed by atoms with van der Waals surface area (Å²) in [7, 11) is 0. The number of anilines is 1. The SMILES string of the molecule is CSc1cc(F)c(-c2nc(C(=O)Nc3cnccc3[C@H]3C[C@@H](N)[C@](C)(O)[C@@H](C)C3)ccc2F)c(F)c1. The molecule has 1 aromatic carbocycles. The molecule has 6 nitrogen and oxygen atoms in total. The number of aliphatic hydroxyl groups is 1. The van der Waals surface area contributed by atoms with Crippen molar-refractivity contribution in [2.45, 2.75) is 49.1 Å². The molecule has 0 bridgehead atoms. The molecule has 36 heavy (non-hydrogen) atoms. The number of hydrogen-bond acceptors (Lipinski definition) is 6. The van der Waals surface area contributed by atoms with Crippen LogP contribution >= 0.6 is 11.8 Å². The van der Waals surface area contributed by atoms with Gasteiger partial charge in [-0.3, -0.25) is 9.78 Å². The monoisotopic (exact) mass is 516 g/mol. The van der Waals surface area contributed by atoms with E-state index in [0.717, 1.165) is 41.6 Å². The largest absolute Gasteiger partial charge is 0.388 e. The van der Waals surface area contributed by atoms with Gasteiger partial charge >= 0.3 is 0 Å². The first-order valence-corrected chi connectivity index (χ1v) is 12.7. The predicted molar refractivity (Wildman–Crippen MR) is 133 cm³/mol. The molecule has 2 aromatic heterocycles. The van der Waals surface area contributed by atoms with Gasteiger partial charge in [0.2, 0.25) is 0 Å². The first kappa shape index (κ1) is 26.1. The van der Waals surface area contributed by atoms with Crippen molar-refractivity contribution in [3.05, 3.63) is 71.4 Å². The molecule has 1 fully saturated rings. The van der Waals surface area contributed by atoms with Gasteiger partial charge in [-0.15, -0.1) is 11.8 Å². The van der Waals surface area contributed by atoms with Crippen molar-refractivity contribution in [1.82, 2.24) is 9.97 Å². The summed E-state index contributed by atoms with van der Waals surface area (Å²) in [6.07, 6.45) is 5.91. The predicted octanol–water partition coefficient (Wildman–Crippen LogP) is 5.13. The summed E-state index contributed by atoms with van der Waals surface area (Å²) in [6, 6.07) is 5.60. The van der Waals surface area contributed by atoms with E-state index in [1.807, 2.05) is 6.92 Å². The maximum absolute atomic E-state index is 14.6. The lowest BCUT2D eigenvalue weighted by Gasteiger charge is -2.44. The number of thioether (sulfide) groups is 1. The Hall–Kier alpha value is -2.95. The van der Waals surface area contributed by atoms with Crippen molar-refractivity contribution in [1.29, 1.82) is 0 Å². The van der Waals surface area contributed by atoms with E-state index in [1.54, 1.807) is 25.4 Å². The average Bonchev–Trinajstić information content (AvgIpc) is 2.83. The molecular formula is C26H27F3N4O2S. The molecule has 4 atom stereocenters. The minimum absolute atomic E-state index is 0.0385. The van der Waals surface area contributed by atoms with Gasteiger partial charge in [-0.05, 0) is 73.8 Å². The Bertz CT molecular complexity index is 1270. The van der Waals surface area contributed by atoms with Gasteiger partial charge in [0, 0.05) is 17.1 Å². The second-order valence-electron chi connectivity index (χ2n) is 9.31. The number of halogens is 3. The topological polar surface area (TPSA) is 101 Å². The van der Waals surface area contributed by atoms with Gasteiger partial charge in [0.1, 0.15) is 28.8 Å². The number of amides is 1. The molecule has 4 N–H and O–H groups in total. The summed E-state index contributed by atoms with van der Waals surface area (Å²) in [4.78, 5) is 21.5. The third-order valence-electron chi connectivity index (χ3n) is 7.03. The molecule has 2 heterocycles. The van der Waals surface area contributed by atoms with Gasteiger partial charge < -0.3 is 16.2 Å². The third-order valence-corrected chi connectivity index (χ3v) is 7.74. The van der Waals surface area contributed by atoms with Crippen molar-refractivity contribution in [2.75, 3.05) is 11.6 Å². The van der Waals surface area contributed by atoms with Gasteiger partial charge in [0.15, 0.2) is 0 Å². The van der Waals surface area contributed by atoms with Crippen LogP contribution in [0.3, 0.4) is 0 Å². The van der Waals surface area contributed by atoms with Crippen molar-refractivity contribution in [2.24, 2.45) is 11.7 Å². The molecule has 0 saturated heterocycles. The Morgan fingerprint density at radius 1 is 1.17 bits per heavy atom. The number of nitrogens with two attached hydrogens (primary N) is 1. The molecule has 0 spiro atoms. The molecule has 1 amide bonds. The number of nitrogens with zero attached hydrogens (tertiary/aromatic N) is 2. The summed E-state index contributed by atoms with van der Waals surface area (Å²) < 4.78 is 43.8. The number of hydrogen-bond donors (Lipinski definition) is 3. The Morgan fingerprint density at radius 3 is 2.50 bits per heavy atom. The van der Waals surface area contributed by atoms with Crippen LogP contribution in [0.25, 0.3) is 11.3 Å². The lowest BCUT2D eigenvalue weighted by atomic mass is 9.68. The number of nitrogens with one attached hydrogen (secondary N) is 1.